The first-order chi connectivity index (χ1) is 15.4. The monoisotopic (exact) mass is 448 g/mol. The van der Waals surface area contributed by atoms with E-state index in [2.05, 4.69) is 21.1 Å². The van der Waals surface area contributed by atoms with E-state index >= 15 is 0 Å². The number of benzene rings is 2. The largest absolute Gasteiger partial charge is 0.416 e. The molecule has 32 heavy (non-hydrogen) atoms. The molecule has 2 heterocycles. The smallest absolute Gasteiger partial charge is 0.379 e. The number of nitrogens with one attached hydrogen (secondary N) is 3. The summed E-state index contributed by atoms with van der Waals surface area (Å²) in [6, 6.07) is 14.5. The van der Waals surface area contributed by atoms with Gasteiger partial charge < -0.3 is 10.1 Å². The number of hydrazine groups is 1. The number of rotatable bonds is 6. The summed E-state index contributed by atoms with van der Waals surface area (Å²) in [5, 5.41) is 2.99. The molecule has 2 aliphatic heterocycles. The van der Waals surface area contributed by atoms with E-state index in [0.29, 0.717) is 39.3 Å². The first-order valence-corrected chi connectivity index (χ1v) is 10.7. The van der Waals surface area contributed by atoms with Gasteiger partial charge in [-0.25, -0.2) is 10.9 Å². The minimum Gasteiger partial charge on any atom is -0.379 e. The maximum atomic E-state index is 13.0. The lowest BCUT2D eigenvalue weighted by molar-refractivity contribution is -0.137. The Hall–Kier alpha value is -2.46. The van der Waals surface area contributed by atoms with Gasteiger partial charge in [0, 0.05) is 25.7 Å². The topological polar surface area (TPSA) is 65.6 Å². The van der Waals surface area contributed by atoms with Crippen LogP contribution in [0.4, 0.5) is 13.2 Å². The van der Waals surface area contributed by atoms with E-state index < -0.39 is 17.8 Å². The van der Waals surface area contributed by atoms with Crippen LogP contribution in [0.5, 0.6) is 0 Å². The zero-order valence-corrected chi connectivity index (χ0v) is 17.6. The van der Waals surface area contributed by atoms with E-state index in [1.807, 2.05) is 30.3 Å². The van der Waals surface area contributed by atoms with Gasteiger partial charge in [-0.3, -0.25) is 9.69 Å². The van der Waals surface area contributed by atoms with E-state index in [-0.39, 0.29) is 18.0 Å². The normalized spacial score (nSPS) is 23.1. The molecule has 6 nitrogen and oxygen atoms in total. The molecule has 0 bridgehead atoms. The van der Waals surface area contributed by atoms with Gasteiger partial charge in [0.1, 0.15) is 6.04 Å². The van der Waals surface area contributed by atoms with Crippen LogP contribution in [-0.4, -0.2) is 49.7 Å². The van der Waals surface area contributed by atoms with Gasteiger partial charge in [-0.05, 0) is 29.7 Å². The van der Waals surface area contributed by atoms with E-state index in [9.17, 15) is 18.0 Å². The van der Waals surface area contributed by atoms with Crippen molar-refractivity contribution in [2.45, 2.75) is 30.7 Å². The molecule has 3 atom stereocenters. The minimum absolute atomic E-state index is 0.0388. The number of hydrogen-bond donors (Lipinski definition) is 3. The highest BCUT2D eigenvalue weighted by molar-refractivity contribution is 5.82. The summed E-state index contributed by atoms with van der Waals surface area (Å²) in [6.45, 7) is 2.72. The maximum Gasteiger partial charge on any atom is 0.416 e. The predicted octanol–water partition coefficient (Wildman–Crippen LogP) is 2.80. The van der Waals surface area contributed by atoms with Gasteiger partial charge in [0.15, 0.2) is 0 Å². The lowest BCUT2D eigenvalue weighted by atomic mass is 10.0. The van der Waals surface area contributed by atoms with Crippen LogP contribution in [0.25, 0.3) is 0 Å². The molecular formula is C23H27F3N4O2. The molecule has 3 unspecified atom stereocenters. The Bertz CT molecular complexity index is 886. The van der Waals surface area contributed by atoms with Crippen molar-refractivity contribution >= 4 is 5.91 Å². The van der Waals surface area contributed by atoms with Crippen LogP contribution in [0.3, 0.4) is 0 Å². The standard InChI is InChI=1S/C23H27F3N4O2/c24-23(25,26)18-8-6-17(7-9-18)21(30-10-12-32-13-11-30)15-27-22(31)20-14-19(28-29-20)16-4-2-1-3-5-16/h1-9,19-21,28-29H,10-15H2,(H,27,31). The molecule has 2 fully saturated rings. The van der Waals surface area contributed by atoms with Crippen molar-refractivity contribution in [3.05, 3.63) is 71.3 Å². The molecule has 0 saturated carbocycles. The quantitative estimate of drug-likeness (QED) is 0.634. The van der Waals surface area contributed by atoms with E-state index in [1.165, 1.54) is 12.1 Å². The van der Waals surface area contributed by atoms with Crippen LogP contribution in [0.15, 0.2) is 54.6 Å². The van der Waals surface area contributed by atoms with Gasteiger partial charge in [0.25, 0.3) is 0 Å². The molecular weight excluding hydrogens is 421 g/mol. The first kappa shape index (κ1) is 22.7. The number of ether oxygens (including phenoxy) is 1. The van der Waals surface area contributed by atoms with Crippen molar-refractivity contribution < 1.29 is 22.7 Å². The van der Waals surface area contributed by atoms with E-state index in [0.717, 1.165) is 23.3 Å². The molecule has 0 radical (unpaired) electrons. The highest BCUT2D eigenvalue weighted by atomic mass is 19.4. The Morgan fingerprint density at radius 1 is 1.06 bits per heavy atom. The highest BCUT2D eigenvalue weighted by Crippen LogP contribution is 2.31. The zero-order valence-electron chi connectivity index (χ0n) is 17.6. The Morgan fingerprint density at radius 3 is 2.41 bits per heavy atom. The number of carbonyl (C=O) groups is 1. The molecule has 2 aromatic carbocycles. The number of carbonyl (C=O) groups excluding carboxylic acids is 1. The third-order valence-electron chi connectivity index (χ3n) is 6.00. The fourth-order valence-electron chi connectivity index (χ4n) is 4.19. The van der Waals surface area contributed by atoms with E-state index in [4.69, 9.17) is 4.74 Å². The van der Waals surface area contributed by atoms with Gasteiger partial charge in [-0.2, -0.15) is 13.2 Å². The molecule has 1 amide bonds. The van der Waals surface area contributed by atoms with Crippen LogP contribution in [0.1, 0.15) is 35.2 Å². The first-order valence-electron chi connectivity index (χ1n) is 10.7. The number of hydrogen-bond acceptors (Lipinski definition) is 5. The van der Waals surface area contributed by atoms with Crippen LogP contribution < -0.4 is 16.2 Å². The summed E-state index contributed by atoms with van der Waals surface area (Å²) in [7, 11) is 0. The molecule has 4 rings (SSSR count). The van der Waals surface area contributed by atoms with Crippen LogP contribution in [-0.2, 0) is 15.7 Å². The Balaban J connectivity index is 1.41. The number of amides is 1. The number of halogens is 3. The molecule has 2 aliphatic rings. The lowest BCUT2D eigenvalue weighted by Crippen LogP contribution is -2.48. The van der Waals surface area contributed by atoms with Crippen molar-refractivity contribution in [1.82, 2.24) is 21.1 Å². The average Bonchev–Trinajstić information content (AvgIpc) is 3.31. The summed E-state index contributed by atoms with van der Waals surface area (Å²) in [6.07, 6.45) is -3.77. The number of nitrogens with zero attached hydrogens (tertiary/aromatic N) is 1. The Labute approximate surface area is 185 Å². The maximum absolute atomic E-state index is 13.0. The van der Waals surface area contributed by atoms with Crippen molar-refractivity contribution in [2.75, 3.05) is 32.8 Å². The molecule has 3 N–H and O–H groups in total. The van der Waals surface area contributed by atoms with Gasteiger partial charge >= 0.3 is 6.18 Å². The summed E-state index contributed by atoms with van der Waals surface area (Å²) >= 11 is 0. The molecule has 0 aliphatic carbocycles. The van der Waals surface area contributed by atoms with Gasteiger partial charge in [0.05, 0.1) is 24.8 Å². The summed E-state index contributed by atoms with van der Waals surface area (Å²) in [5.41, 5.74) is 7.37. The fourth-order valence-corrected chi connectivity index (χ4v) is 4.19. The van der Waals surface area contributed by atoms with Crippen LogP contribution >= 0.6 is 0 Å². The molecule has 2 aromatic rings. The minimum atomic E-state index is -4.38. The summed E-state index contributed by atoms with van der Waals surface area (Å²) in [4.78, 5) is 15.0. The molecule has 172 valence electrons. The summed E-state index contributed by atoms with van der Waals surface area (Å²) in [5.74, 6) is -0.138. The van der Waals surface area contributed by atoms with Gasteiger partial charge in [0.2, 0.25) is 5.91 Å². The second-order valence-electron chi connectivity index (χ2n) is 8.07. The van der Waals surface area contributed by atoms with Crippen molar-refractivity contribution in [3.63, 3.8) is 0 Å². The molecule has 0 spiro atoms. The molecule has 9 heteroatoms. The van der Waals surface area contributed by atoms with Gasteiger partial charge in [-0.15, -0.1) is 0 Å². The predicted molar refractivity (Wildman–Crippen MR) is 113 cm³/mol. The Kier molecular flexibility index (Phi) is 7.10. The van der Waals surface area contributed by atoms with Crippen LogP contribution in [0, 0.1) is 0 Å². The van der Waals surface area contributed by atoms with Crippen molar-refractivity contribution in [3.8, 4) is 0 Å². The average molecular weight is 448 g/mol. The zero-order chi connectivity index (χ0) is 22.6. The lowest BCUT2D eigenvalue weighted by Gasteiger charge is -2.35. The highest BCUT2D eigenvalue weighted by Gasteiger charge is 2.33. The Morgan fingerprint density at radius 2 is 1.75 bits per heavy atom. The van der Waals surface area contributed by atoms with E-state index in [1.54, 1.807) is 0 Å². The second-order valence-corrected chi connectivity index (χ2v) is 8.07. The molecule has 0 aromatic heterocycles. The second kappa shape index (κ2) is 9.99. The molecule has 2 saturated heterocycles. The van der Waals surface area contributed by atoms with Gasteiger partial charge in [-0.1, -0.05) is 42.5 Å². The number of morpholine rings is 1. The SMILES string of the molecule is O=C(NCC(c1ccc(C(F)(F)F)cc1)N1CCOCC1)C1CC(c2ccccc2)NN1. The third-order valence-corrected chi connectivity index (χ3v) is 6.00. The van der Waals surface area contributed by atoms with Crippen LogP contribution in [0.2, 0.25) is 0 Å². The van der Waals surface area contributed by atoms with Crippen molar-refractivity contribution in [1.29, 1.82) is 0 Å². The fraction of sp³-hybridized carbons (Fsp3) is 0.435. The summed E-state index contributed by atoms with van der Waals surface area (Å²) < 4.78 is 44.3. The third kappa shape index (κ3) is 5.47. The van der Waals surface area contributed by atoms with Crippen molar-refractivity contribution in [2.24, 2.45) is 0 Å². The number of alkyl halides is 3.